The van der Waals surface area contributed by atoms with Crippen molar-refractivity contribution in [2.45, 2.75) is 45.6 Å². The number of nitrogens with one attached hydrogen (secondary N) is 1. The van der Waals surface area contributed by atoms with E-state index in [1.807, 2.05) is 0 Å². The molecule has 1 aliphatic carbocycles. The summed E-state index contributed by atoms with van der Waals surface area (Å²) in [5.74, 6) is 1.09. The van der Waals surface area contributed by atoms with E-state index in [1.54, 1.807) is 0 Å². The van der Waals surface area contributed by atoms with Crippen molar-refractivity contribution >= 4 is 5.91 Å². The molecule has 0 bridgehead atoms. The Bertz CT molecular complexity index is 240. The summed E-state index contributed by atoms with van der Waals surface area (Å²) in [7, 11) is 0. The monoisotopic (exact) mass is 224 g/mol. The van der Waals surface area contributed by atoms with Gasteiger partial charge < -0.3 is 11.1 Å². The molecule has 1 aliphatic rings. The Morgan fingerprint density at radius 2 is 2.06 bits per heavy atom. The van der Waals surface area contributed by atoms with Gasteiger partial charge in [0.25, 0.3) is 0 Å². The van der Waals surface area contributed by atoms with E-state index >= 15 is 0 Å². The highest BCUT2D eigenvalue weighted by Crippen LogP contribution is 2.15. The second kappa shape index (κ2) is 6.69. The van der Waals surface area contributed by atoms with Gasteiger partial charge in [0.2, 0.25) is 5.91 Å². The van der Waals surface area contributed by atoms with Gasteiger partial charge in [-0.3, -0.25) is 4.79 Å². The fourth-order valence-corrected chi connectivity index (χ4v) is 2.21. The molecular formula is C13H24N2O. The minimum Gasteiger partial charge on any atom is -0.353 e. The first kappa shape index (κ1) is 13.2. The van der Waals surface area contributed by atoms with Crippen LogP contribution in [0.5, 0.6) is 0 Å². The Labute approximate surface area is 98.5 Å². The zero-order chi connectivity index (χ0) is 12.0. The maximum Gasteiger partial charge on any atom is 0.220 e. The normalized spacial score (nSPS) is 18.0. The number of hydrogen-bond donors (Lipinski definition) is 2. The third-order valence-corrected chi connectivity index (χ3v) is 2.99. The number of carbonyl (C=O) groups is 1. The van der Waals surface area contributed by atoms with Crippen LogP contribution in [0.2, 0.25) is 0 Å². The van der Waals surface area contributed by atoms with Crippen LogP contribution in [-0.4, -0.2) is 18.5 Å². The Kier molecular flexibility index (Phi) is 5.53. The summed E-state index contributed by atoms with van der Waals surface area (Å²) in [6.07, 6.45) is 7.81. The topological polar surface area (TPSA) is 55.1 Å². The van der Waals surface area contributed by atoms with E-state index in [2.05, 4.69) is 31.3 Å². The SMILES string of the molecule is CC(C)CC(CN)CC(=O)NC1CC=CC1. The van der Waals surface area contributed by atoms with E-state index in [0.717, 1.165) is 19.3 Å². The maximum atomic E-state index is 11.8. The smallest absolute Gasteiger partial charge is 0.220 e. The molecule has 0 aromatic heterocycles. The molecule has 0 radical (unpaired) electrons. The number of rotatable bonds is 6. The van der Waals surface area contributed by atoms with Gasteiger partial charge in [0, 0.05) is 12.5 Å². The summed E-state index contributed by atoms with van der Waals surface area (Å²) in [6, 6.07) is 0.324. The quantitative estimate of drug-likeness (QED) is 0.676. The van der Waals surface area contributed by atoms with Crippen LogP contribution >= 0.6 is 0 Å². The van der Waals surface area contributed by atoms with E-state index in [9.17, 15) is 4.79 Å². The van der Waals surface area contributed by atoms with Gasteiger partial charge in [-0.2, -0.15) is 0 Å². The van der Waals surface area contributed by atoms with Crippen molar-refractivity contribution in [3.05, 3.63) is 12.2 Å². The van der Waals surface area contributed by atoms with E-state index in [0.29, 0.717) is 30.8 Å². The fourth-order valence-electron chi connectivity index (χ4n) is 2.21. The first-order chi connectivity index (χ1) is 7.61. The molecule has 0 spiro atoms. The average Bonchev–Trinajstić information content (AvgIpc) is 2.68. The molecule has 0 saturated carbocycles. The molecule has 1 atom stereocenters. The van der Waals surface area contributed by atoms with Gasteiger partial charge in [-0.05, 0) is 37.6 Å². The average molecular weight is 224 g/mol. The lowest BCUT2D eigenvalue weighted by molar-refractivity contribution is -0.122. The Morgan fingerprint density at radius 3 is 2.56 bits per heavy atom. The van der Waals surface area contributed by atoms with Crippen molar-refractivity contribution in [1.29, 1.82) is 0 Å². The van der Waals surface area contributed by atoms with E-state index in [4.69, 9.17) is 5.73 Å². The standard InChI is InChI=1S/C13H24N2O/c1-10(2)7-11(9-14)8-13(16)15-12-5-3-4-6-12/h3-4,10-12H,5-9,14H2,1-2H3,(H,15,16). The van der Waals surface area contributed by atoms with Crippen LogP contribution in [0.3, 0.4) is 0 Å². The number of nitrogens with two attached hydrogens (primary N) is 1. The van der Waals surface area contributed by atoms with Crippen LogP contribution in [0.25, 0.3) is 0 Å². The van der Waals surface area contributed by atoms with Crippen LogP contribution in [0.1, 0.15) is 39.5 Å². The summed E-state index contributed by atoms with van der Waals surface area (Å²) in [6.45, 7) is 4.94. The molecule has 3 nitrogen and oxygen atoms in total. The second-order valence-electron chi connectivity index (χ2n) is 5.14. The van der Waals surface area contributed by atoms with Crippen LogP contribution in [-0.2, 0) is 4.79 Å². The Hall–Kier alpha value is -0.830. The van der Waals surface area contributed by atoms with Crippen molar-refractivity contribution in [2.75, 3.05) is 6.54 Å². The zero-order valence-corrected chi connectivity index (χ0v) is 10.4. The zero-order valence-electron chi connectivity index (χ0n) is 10.4. The first-order valence-corrected chi connectivity index (χ1v) is 6.26. The highest BCUT2D eigenvalue weighted by molar-refractivity contribution is 5.76. The van der Waals surface area contributed by atoms with Crippen LogP contribution in [0.15, 0.2) is 12.2 Å². The maximum absolute atomic E-state index is 11.8. The Balaban J connectivity index is 2.25. The molecule has 0 fully saturated rings. The van der Waals surface area contributed by atoms with Gasteiger partial charge in [0.1, 0.15) is 0 Å². The van der Waals surface area contributed by atoms with Gasteiger partial charge in [-0.15, -0.1) is 0 Å². The predicted octanol–water partition coefficient (Wildman–Crippen LogP) is 1.83. The summed E-state index contributed by atoms with van der Waals surface area (Å²) < 4.78 is 0. The molecule has 92 valence electrons. The molecule has 0 saturated heterocycles. The lowest BCUT2D eigenvalue weighted by Gasteiger charge is -2.18. The second-order valence-corrected chi connectivity index (χ2v) is 5.14. The molecule has 0 aromatic rings. The fraction of sp³-hybridized carbons (Fsp3) is 0.769. The van der Waals surface area contributed by atoms with Gasteiger partial charge in [0.05, 0.1) is 0 Å². The number of hydrogen-bond acceptors (Lipinski definition) is 2. The largest absolute Gasteiger partial charge is 0.353 e. The van der Waals surface area contributed by atoms with Crippen LogP contribution in [0.4, 0.5) is 0 Å². The minimum atomic E-state index is 0.157. The summed E-state index contributed by atoms with van der Waals surface area (Å²) in [5, 5.41) is 3.06. The third kappa shape index (κ3) is 4.79. The molecule has 0 aliphatic heterocycles. The third-order valence-electron chi connectivity index (χ3n) is 2.99. The summed E-state index contributed by atoms with van der Waals surface area (Å²) in [5.41, 5.74) is 5.69. The lowest BCUT2D eigenvalue weighted by atomic mass is 9.94. The molecule has 3 heteroatoms. The van der Waals surface area contributed by atoms with E-state index in [1.165, 1.54) is 0 Å². The molecule has 3 N–H and O–H groups in total. The van der Waals surface area contributed by atoms with Gasteiger partial charge in [-0.1, -0.05) is 26.0 Å². The molecule has 1 amide bonds. The van der Waals surface area contributed by atoms with Gasteiger partial charge in [-0.25, -0.2) is 0 Å². The molecule has 1 unspecified atom stereocenters. The van der Waals surface area contributed by atoms with Crippen molar-refractivity contribution in [3.63, 3.8) is 0 Å². The molecule has 0 aromatic carbocycles. The van der Waals surface area contributed by atoms with E-state index in [-0.39, 0.29) is 5.91 Å². The first-order valence-electron chi connectivity index (χ1n) is 6.26. The lowest BCUT2D eigenvalue weighted by Crippen LogP contribution is -2.35. The van der Waals surface area contributed by atoms with Crippen molar-refractivity contribution in [2.24, 2.45) is 17.6 Å². The van der Waals surface area contributed by atoms with Gasteiger partial charge >= 0.3 is 0 Å². The molecule has 1 rings (SSSR count). The van der Waals surface area contributed by atoms with Gasteiger partial charge in [0.15, 0.2) is 0 Å². The van der Waals surface area contributed by atoms with Crippen LogP contribution < -0.4 is 11.1 Å². The Morgan fingerprint density at radius 1 is 1.44 bits per heavy atom. The van der Waals surface area contributed by atoms with E-state index < -0.39 is 0 Å². The molecule has 0 heterocycles. The summed E-state index contributed by atoms with van der Waals surface area (Å²) >= 11 is 0. The van der Waals surface area contributed by atoms with Crippen molar-refractivity contribution < 1.29 is 4.79 Å². The highest BCUT2D eigenvalue weighted by atomic mass is 16.1. The minimum absolute atomic E-state index is 0.157. The summed E-state index contributed by atoms with van der Waals surface area (Å²) in [4.78, 5) is 11.8. The predicted molar refractivity (Wildman–Crippen MR) is 66.9 cm³/mol. The number of amides is 1. The molecule has 16 heavy (non-hydrogen) atoms. The van der Waals surface area contributed by atoms with Crippen LogP contribution in [0, 0.1) is 11.8 Å². The highest BCUT2D eigenvalue weighted by Gasteiger charge is 2.17. The van der Waals surface area contributed by atoms with Crippen molar-refractivity contribution in [1.82, 2.24) is 5.32 Å². The van der Waals surface area contributed by atoms with Crippen molar-refractivity contribution in [3.8, 4) is 0 Å². The molecular weight excluding hydrogens is 200 g/mol. The number of carbonyl (C=O) groups excluding carboxylic acids is 1.